The average Bonchev–Trinajstić information content (AvgIpc) is 2.64. The van der Waals surface area contributed by atoms with Crippen LogP contribution in [0.4, 0.5) is 0 Å². The Labute approximate surface area is 110 Å². The highest BCUT2D eigenvalue weighted by Crippen LogP contribution is 2.41. The summed E-state index contributed by atoms with van der Waals surface area (Å²) in [6.45, 7) is 6.91. The van der Waals surface area contributed by atoms with Crippen molar-refractivity contribution in [3.63, 3.8) is 0 Å². The number of H-pyrrole nitrogens is 1. The highest BCUT2D eigenvalue weighted by molar-refractivity contribution is 5.86. The normalized spacial score (nSPS) is 23.9. The fourth-order valence-electron chi connectivity index (χ4n) is 3.57. The summed E-state index contributed by atoms with van der Waals surface area (Å²) in [4.78, 5) is 3.71. The summed E-state index contributed by atoms with van der Waals surface area (Å²) in [6.07, 6.45) is 5.31. The van der Waals surface area contributed by atoms with Crippen molar-refractivity contribution in [2.45, 2.75) is 58.3 Å². The van der Waals surface area contributed by atoms with Crippen LogP contribution in [0.15, 0.2) is 18.2 Å². The topological polar surface area (TPSA) is 15.8 Å². The van der Waals surface area contributed by atoms with Crippen molar-refractivity contribution in [2.24, 2.45) is 0 Å². The van der Waals surface area contributed by atoms with Crippen molar-refractivity contribution in [1.29, 1.82) is 0 Å². The third-order valence-corrected chi connectivity index (χ3v) is 4.61. The number of nitrogens with one attached hydrogen (secondary N) is 1. The molecule has 0 saturated heterocycles. The van der Waals surface area contributed by atoms with Crippen LogP contribution in [0.2, 0.25) is 0 Å². The van der Waals surface area contributed by atoms with Crippen molar-refractivity contribution in [1.82, 2.24) is 4.98 Å². The van der Waals surface area contributed by atoms with Gasteiger partial charge in [0.05, 0.1) is 0 Å². The van der Waals surface area contributed by atoms with Crippen molar-refractivity contribution in [3.8, 4) is 0 Å². The third-order valence-electron chi connectivity index (χ3n) is 4.61. The molecule has 0 saturated carbocycles. The standard InChI is InChI=1S/C17H23N/c1-4-13-7-5-6-12(3)16-14-10-11(2)8-9-15(14)18-17(13)16/h8-10,12-13,18H,4-7H2,1-3H3. The molecule has 2 atom stereocenters. The molecule has 1 nitrogen and oxygen atoms in total. The Morgan fingerprint density at radius 2 is 2.11 bits per heavy atom. The van der Waals surface area contributed by atoms with E-state index < -0.39 is 0 Å². The van der Waals surface area contributed by atoms with Crippen LogP contribution in [0.3, 0.4) is 0 Å². The van der Waals surface area contributed by atoms with Crippen molar-refractivity contribution in [2.75, 3.05) is 0 Å². The molecule has 0 spiro atoms. The van der Waals surface area contributed by atoms with Gasteiger partial charge in [-0.05, 0) is 55.7 Å². The Kier molecular flexibility index (Phi) is 2.93. The maximum atomic E-state index is 3.71. The monoisotopic (exact) mass is 241 g/mol. The van der Waals surface area contributed by atoms with E-state index in [1.807, 2.05) is 0 Å². The zero-order chi connectivity index (χ0) is 12.7. The lowest BCUT2D eigenvalue weighted by atomic mass is 9.92. The maximum Gasteiger partial charge on any atom is 0.0459 e. The van der Waals surface area contributed by atoms with Crippen LogP contribution >= 0.6 is 0 Å². The lowest BCUT2D eigenvalue weighted by Gasteiger charge is -2.13. The number of aromatic amines is 1. The molecule has 1 aromatic carbocycles. The SMILES string of the molecule is CCC1CCCC(C)c2c1[nH]c1ccc(C)cc21. The van der Waals surface area contributed by atoms with Gasteiger partial charge in [-0.2, -0.15) is 0 Å². The highest BCUT2D eigenvalue weighted by Gasteiger charge is 2.25. The summed E-state index contributed by atoms with van der Waals surface area (Å²) in [6, 6.07) is 6.82. The van der Waals surface area contributed by atoms with Gasteiger partial charge in [0.2, 0.25) is 0 Å². The second-order valence-corrected chi connectivity index (χ2v) is 5.94. The maximum absolute atomic E-state index is 3.71. The van der Waals surface area contributed by atoms with Crippen LogP contribution in [-0.4, -0.2) is 4.98 Å². The molecule has 1 N–H and O–H groups in total. The predicted molar refractivity (Wildman–Crippen MR) is 78.3 cm³/mol. The number of rotatable bonds is 1. The molecule has 2 aromatic rings. The Balaban J connectivity index is 2.26. The number of aryl methyl sites for hydroxylation is 1. The van der Waals surface area contributed by atoms with Crippen molar-refractivity contribution in [3.05, 3.63) is 35.0 Å². The third kappa shape index (κ3) is 1.77. The van der Waals surface area contributed by atoms with Gasteiger partial charge in [0, 0.05) is 16.6 Å². The largest absolute Gasteiger partial charge is 0.358 e. The first-order valence-electron chi connectivity index (χ1n) is 7.32. The average molecular weight is 241 g/mol. The first kappa shape index (κ1) is 11.8. The van der Waals surface area contributed by atoms with Gasteiger partial charge in [-0.25, -0.2) is 0 Å². The van der Waals surface area contributed by atoms with Gasteiger partial charge in [0.1, 0.15) is 0 Å². The first-order chi connectivity index (χ1) is 8.70. The minimum atomic E-state index is 0.701. The fraction of sp³-hybridized carbons (Fsp3) is 0.529. The minimum absolute atomic E-state index is 0.701. The van der Waals surface area contributed by atoms with Crippen molar-refractivity contribution >= 4 is 10.9 Å². The molecule has 0 radical (unpaired) electrons. The molecule has 0 amide bonds. The molecule has 1 heteroatoms. The summed E-state index contributed by atoms with van der Waals surface area (Å²) >= 11 is 0. The molecule has 0 aliphatic heterocycles. The van der Waals surface area contributed by atoms with Crippen LogP contribution in [0.25, 0.3) is 10.9 Å². The van der Waals surface area contributed by atoms with Crippen LogP contribution in [0.5, 0.6) is 0 Å². The van der Waals surface area contributed by atoms with E-state index in [9.17, 15) is 0 Å². The van der Waals surface area contributed by atoms with Gasteiger partial charge in [0.15, 0.2) is 0 Å². The first-order valence-corrected chi connectivity index (χ1v) is 7.32. The Bertz CT molecular complexity index is 564. The lowest BCUT2D eigenvalue weighted by molar-refractivity contribution is 0.558. The molecule has 2 unspecified atom stereocenters. The summed E-state index contributed by atoms with van der Waals surface area (Å²) in [5, 5.41) is 1.47. The summed E-state index contributed by atoms with van der Waals surface area (Å²) < 4.78 is 0. The molecular formula is C17H23N. The molecule has 1 heterocycles. The van der Waals surface area contributed by atoms with Crippen LogP contribution in [-0.2, 0) is 0 Å². The minimum Gasteiger partial charge on any atom is -0.358 e. The summed E-state index contributed by atoms with van der Waals surface area (Å²) in [7, 11) is 0. The smallest absolute Gasteiger partial charge is 0.0459 e. The van der Waals surface area contributed by atoms with E-state index in [1.165, 1.54) is 47.8 Å². The molecule has 3 rings (SSSR count). The second kappa shape index (κ2) is 4.46. The molecule has 1 aromatic heterocycles. The van der Waals surface area contributed by atoms with E-state index in [2.05, 4.69) is 44.0 Å². The number of aromatic nitrogens is 1. The molecule has 96 valence electrons. The van der Waals surface area contributed by atoms with E-state index in [0.717, 1.165) is 5.92 Å². The van der Waals surface area contributed by atoms with Gasteiger partial charge in [-0.1, -0.05) is 31.9 Å². The van der Waals surface area contributed by atoms with Gasteiger partial charge in [-0.3, -0.25) is 0 Å². The number of fused-ring (bicyclic) bond motifs is 3. The number of hydrogen-bond donors (Lipinski definition) is 1. The van der Waals surface area contributed by atoms with Crippen LogP contribution < -0.4 is 0 Å². The van der Waals surface area contributed by atoms with Crippen LogP contribution in [0.1, 0.15) is 68.2 Å². The van der Waals surface area contributed by atoms with Crippen molar-refractivity contribution < 1.29 is 0 Å². The van der Waals surface area contributed by atoms with Gasteiger partial charge >= 0.3 is 0 Å². The Morgan fingerprint density at radius 3 is 2.89 bits per heavy atom. The second-order valence-electron chi connectivity index (χ2n) is 5.94. The van der Waals surface area contributed by atoms with Gasteiger partial charge < -0.3 is 4.98 Å². The van der Waals surface area contributed by atoms with E-state index in [0.29, 0.717) is 5.92 Å². The van der Waals surface area contributed by atoms with E-state index >= 15 is 0 Å². The van der Waals surface area contributed by atoms with Gasteiger partial charge in [-0.15, -0.1) is 0 Å². The Morgan fingerprint density at radius 1 is 1.28 bits per heavy atom. The van der Waals surface area contributed by atoms with Crippen LogP contribution in [0, 0.1) is 6.92 Å². The highest BCUT2D eigenvalue weighted by atomic mass is 14.7. The zero-order valence-electron chi connectivity index (χ0n) is 11.7. The molecule has 0 bridgehead atoms. The molecular weight excluding hydrogens is 218 g/mol. The number of benzene rings is 1. The Hall–Kier alpha value is -1.24. The molecule has 0 fully saturated rings. The summed E-state index contributed by atoms with van der Waals surface area (Å²) in [5.74, 6) is 1.43. The summed E-state index contributed by atoms with van der Waals surface area (Å²) in [5.41, 5.74) is 5.84. The zero-order valence-corrected chi connectivity index (χ0v) is 11.7. The molecule has 1 aliphatic carbocycles. The quantitative estimate of drug-likeness (QED) is 0.656. The number of hydrogen-bond acceptors (Lipinski definition) is 0. The van der Waals surface area contributed by atoms with E-state index in [1.54, 1.807) is 5.56 Å². The van der Waals surface area contributed by atoms with E-state index in [-0.39, 0.29) is 0 Å². The van der Waals surface area contributed by atoms with Gasteiger partial charge in [0.25, 0.3) is 0 Å². The van der Waals surface area contributed by atoms with E-state index in [4.69, 9.17) is 0 Å². The molecule has 1 aliphatic rings. The molecule has 18 heavy (non-hydrogen) atoms. The fourth-order valence-corrected chi connectivity index (χ4v) is 3.57. The lowest BCUT2D eigenvalue weighted by Crippen LogP contribution is -1.99. The predicted octanol–water partition coefficient (Wildman–Crippen LogP) is 5.26.